The molecular formula is C28H39NO5. The number of ether oxygens (including phenoxy) is 1. The lowest BCUT2D eigenvalue weighted by Gasteiger charge is -2.28. The van der Waals surface area contributed by atoms with Gasteiger partial charge in [0.2, 0.25) is 5.91 Å². The minimum absolute atomic E-state index is 0.0602. The number of carboxylic acids is 1. The minimum atomic E-state index is -1.32. The van der Waals surface area contributed by atoms with Crippen LogP contribution in [0.25, 0.3) is 0 Å². The lowest BCUT2D eigenvalue weighted by atomic mass is 9.78. The Morgan fingerprint density at radius 3 is 1.79 bits per heavy atom. The predicted octanol–water partition coefficient (Wildman–Crippen LogP) is 5.48. The number of nitrogens with one attached hydrogen (secondary N) is 1. The summed E-state index contributed by atoms with van der Waals surface area (Å²) in [5.41, 5.74) is 1.97. The average molecular weight is 470 g/mol. The van der Waals surface area contributed by atoms with Gasteiger partial charge < -0.3 is 20.3 Å². The number of phenolic OH excluding ortho intramolecular Hbond substituents is 1. The third-order valence-electron chi connectivity index (χ3n) is 5.73. The molecule has 0 unspecified atom stereocenters. The quantitative estimate of drug-likeness (QED) is 0.476. The average Bonchev–Trinajstić information content (AvgIpc) is 2.70. The van der Waals surface area contributed by atoms with Crippen molar-refractivity contribution in [2.24, 2.45) is 0 Å². The van der Waals surface area contributed by atoms with Gasteiger partial charge in [-0.15, -0.1) is 0 Å². The number of hydrogen-bond acceptors (Lipinski definition) is 4. The fraction of sp³-hybridized carbons (Fsp3) is 0.500. The Labute approximate surface area is 203 Å². The molecule has 2 rings (SSSR count). The molecule has 0 radical (unpaired) electrons. The largest absolute Gasteiger partial charge is 0.507 e. The molecule has 0 bridgehead atoms. The monoisotopic (exact) mass is 469 g/mol. The number of phenols is 1. The smallest absolute Gasteiger partial charge is 0.347 e. The number of amides is 1. The molecule has 2 aromatic rings. The molecule has 3 N–H and O–H groups in total. The van der Waals surface area contributed by atoms with E-state index < -0.39 is 11.6 Å². The molecule has 0 atom stereocenters. The fourth-order valence-electron chi connectivity index (χ4n) is 3.54. The van der Waals surface area contributed by atoms with Crippen molar-refractivity contribution in [3.05, 3.63) is 58.7 Å². The number of aromatic hydroxyl groups is 1. The van der Waals surface area contributed by atoms with Crippen LogP contribution in [-0.2, 0) is 33.4 Å². The molecule has 0 aliphatic heterocycles. The molecule has 6 heteroatoms. The standard InChI is InChI=1S/C28H39NO5/c1-26(2,3)21-15-19(16-22(24(21)31)27(4,5)6)11-14-23(30)29-17-18-9-12-20(13-10-18)34-28(7,8)25(32)33/h9-10,12-13,15-16,31H,11,14,17H2,1-8H3,(H,29,30)(H,32,33). The van der Waals surface area contributed by atoms with Crippen LogP contribution >= 0.6 is 0 Å². The van der Waals surface area contributed by atoms with Crippen molar-refractivity contribution < 1.29 is 24.5 Å². The first kappa shape index (κ1) is 27.2. The van der Waals surface area contributed by atoms with E-state index in [0.717, 1.165) is 22.3 Å². The summed E-state index contributed by atoms with van der Waals surface area (Å²) in [4.78, 5) is 23.7. The van der Waals surface area contributed by atoms with E-state index in [0.29, 0.717) is 30.9 Å². The van der Waals surface area contributed by atoms with Crippen LogP contribution < -0.4 is 10.1 Å². The third kappa shape index (κ3) is 7.24. The normalized spacial score (nSPS) is 12.4. The third-order valence-corrected chi connectivity index (χ3v) is 5.73. The molecule has 0 saturated carbocycles. The van der Waals surface area contributed by atoms with Crippen molar-refractivity contribution in [3.8, 4) is 11.5 Å². The van der Waals surface area contributed by atoms with Gasteiger partial charge in [-0.2, -0.15) is 0 Å². The molecule has 0 heterocycles. The number of carboxylic acid groups (broad SMARTS) is 1. The first-order valence-electron chi connectivity index (χ1n) is 11.7. The number of aryl methyl sites for hydroxylation is 1. The van der Waals surface area contributed by atoms with Crippen LogP contribution in [0.1, 0.15) is 84.1 Å². The van der Waals surface area contributed by atoms with Crippen LogP contribution in [-0.4, -0.2) is 27.7 Å². The van der Waals surface area contributed by atoms with Crippen molar-refractivity contribution >= 4 is 11.9 Å². The van der Waals surface area contributed by atoms with Crippen molar-refractivity contribution in [1.82, 2.24) is 5.32 Å². The van der Waals surface area contributed by atoms with Crippen LogP contribution in [0.5, 0.6) is 11.5 Å². The molecule has 0 aliphatic rings. The lowest BCUT2D eigenvalue weighted by molar-refractivity contribution is -0.152. The van der Waals surface area contributed by atoms with Gasteiger partial charge in [0, 0.05) is 13.0 Å². The van der Waals surface area contributed by atoms with Gasteiger partial charge in [-0.05, 0) is 65.5 Å². The van der Waals surface area contributed by atoms with Gasteiger partial charge in [-0.3, -0.25) is 4.79 Å². The molecule has 0 aliphatic carbocycles. The van der Waals surface area contributed by atoms with Crippen LogP contribution in [0, 0.1) is 0 Å². The molecule has 0 aromatic heterocycles. The molecular weight excluding hydrogens is 430 g/mol. The number of aliphatic carboxylic acids is 1. The number of hydrogen-bond donors (Lipinski definition) is 3. The highest BCUT2D eigenvalue weighted by atomic mass is 16.5. The summed E-state index contributed by atoms with van der Waals surface area (Å²) in [5, 5.41) is 23.0. The highest BCUT2D eigenvalue weighted by Gasteiger charge is 2.29. The molecule has 186 valence electrons. The number of benzene rings is 2. The summed E-state index contributed by atoms with van der Waals surface area (Å²) in [7, 11) is 0. The van der Waals surface area contributed by atoms with E-state index >= 15 is 0 Å². The number of rotatable bonds is 8. The Morgan fingerprint density at radius 2 is 1.35 bits per heavy atom. The highest BCUT2D eigenvalue weighted by Crippen LogP contribution is 2.40. The first-order valence-corrected chi connectivity index (χ1v) is 11.7. The zero-order chi connectivity index (χ0) is 25.9. The molecule has 2 aromatic carbocycles. The number of carbonyl (C=O) groups is 2. The Hall–Kier alpha value is -3.02. The van der Waals surface area contributed by atoms with Crippen LogP contribution in [0.15, 0.2) is 36.4 Å². The Morgan fingerprint density at radius 1 is 0.853 bits per heavy atom. The van der Waals surface area contributed by atoms with Crippen LogP contribution in [0.3, 0.4) is 0 Å². The summed E-state index contributed by atoms with van der Waals surface area (Å²) in [6.07, 6.45) is 0.918. The molecule has 0 fully saturated rings. The molecule has 34 heavy (non-hydrogen) atoms. The van der Waals surface area contributed by atoms with Crippen molar-refractivity contribution in [2.45, 2.75) is 91.2 Å². The van der Waals surface area contributed by atoms with E-state index in [4.69, 9.17) is 4.74 Å². The van der Waals surface area contributed by atoms with Gasteiger partial charge in [-0.25, -0.2) is 4.79 Å². The fourth-order valence-corrected chi connectivity index (χ4v) is 3.54. The minimum Gasteiger partial charge on any atom is -0.507 e. The first-order chi connectivity index (χ1) is 15.5. The van der Waals surface area contributed by atoms with Gasteiger partial charge in [0.25, 0.3) is 0 Å². The van der Waals surface area contributed by atoms with Crippen molar-refractivity contribution in [1.29, 1.82) is 0 Å². The molecule has 0 saturated heterocycles. The van der Waals surface area contributed by atoms with E-state index in [1.165, 1.54) is 13.8 Å². The van der Waals surface area contributed by atoms with Crippen molar-refractivity contribution in [2.75, 3.05) is 0 Å². The van der Waals surface area contributed by atoms with Gasteiger partial charge in [0.05, 0.1) is 0 Å². The second-order valence-electron chi connectivity index (χ2n) is 11.4. The van der Waals surface area contributed by atoms with Crippen LogP contribution in [0.4, 0.5) is 0 Å². The Balaban J connectivity index is 2.01. The maximum absolute atomic E-state index is 12.5. The van der Waals surface area contributed by atoms with E-state index in [2.05, 4.69) is 46.9 Å². The van der Waals surface area contributed by atoms with Gasteiger partial charge >= 0.3 is 5.97 Å². The zero-order valence-corrected chi connectivity index (χ0v) is 21.7. The lowest BCUT2D eigenvalue weighted by Crippen LogP contribution is -2.37. The van der Waals surface area contributed by atoms with Gasteiger partial charge in [-0.1, -0.05) is 65.8 Å². The highest BCUT2D eigenvalue weighted by molar-refractivity contribution is 5.77. The van der Waals surface area contributed by atoms with E-state index in [1.807, 2.05) is 12.1 Å². The van der Waals surface area contributed by atoms with Crippen LogP contribution in [0.2, 0.25) is 0 Å². The van der Waals surface area contributed by atoms with E-state index in [1.54, 1.807) is 24.3 Å². The predicted molar refractivity (Wildman–Crippen MR) is 134 cm³/mol. The summed E-state index contributed by atoms with van der Waals surface area (Å²) in [6, 6.07) is 11.0. The topological polar surface area (TPSA) is 95.9 Å². The summed E-state index contributed by atoms with van der Waals surface area (Å²) in [6.45, 7) is 15.8. The Kier molecular flexibility index (Phi) is 8.07. The maximum Gasteiger partial charge on any atom is 0.347 e. The summed E-state index contributed by atoms with van der Waals surface area (Å²) in [5.74, 6) is -0.303. The second-order valence-corrected chi connectivity index (χ2v) is 11.4. The molecule has 0 spiro atoms. The maximum atomic E-state index is 12.5. The molecule has 1 amide bonds. The van der Waals surface area contributed by atoms with E-state index in [-0.39, 0.29) is 16.7 Å². The van der Waals surface area contributed by atoms with E-state index in [9.17, 15) is 19.8 Å². The SMILES string of the molecule is CC(C)(Oc1ccc(CNC(=O)CCc2cc(C(C)(C)C)c(O)c(C(C)(C)C)c2)cc1)C(=O)O. The summed E-state index contributed by atoms with van der Waals surface area (Å²) >= 11 is 0. The second kappa shape index (κ2) is 10.1. The zero-order valence-electron chi connectivity index (χ0n) is 21.7. The van der Waals surface area contributed by atoms with Gasteiger partial charge in [0.15, 0.2) is 5.60 Å². The summed E-state index contributed by atoms with van der Waals surface area (Å²) < 4.78 is 5.50. The number of carbonyl (C=O) groups excluding carboxylic acids is 1. The Bertz CT molecular complexity index is 989. The van der Waals surface area contributed by atoms with Gasteiger partial charge in [0.1, 0.15) is 11.5 Å². The van der Waals surface area contributed by atoms with Crippen molar-refractivity contribution in [3.63, 3.8) is 0 Å². The molecule has 6 nitrogen and oxygen atoms in total.